The number of fused-ring (bicyclic) bond motifs is 1. The Balaban J connectivity index is 1.97. The molecule has 0 aromatic heterocycles. The van der Waals surface area contributed by atoms with E-state index in [2.05, 4.69) is 58.5 Å². The molecule has 0 saturated carbocycles. The van der Waals surface area contributed by atoms with E-state index < -0.39 is 0 Å². The van der Waals surface area contributed by atoms with Crippen LogP contribution in [0.2, 0.25) is 0 Å². The van der Waals surface area contributed by atoms with Crippen molar-refractivity contribution in [2.24, 2.45) is 0 Å². The molecule has 2 nitrogen and oxygen atoms in total. The highest BCUT2D eigenvalue weighted by Gasteiger charge is 2.28. The van der Waals surface area contributed by atoms with Crippen molar-refractivity contribution in [1.82, 2.24) is 0 Å². The molecule has 3 heteroatoms. The maximum atomic E-state index is 11.7. The number of carbonyl (C=O) groups is 1. The normalized spacial score (nSPS) is 15.0. The van der Waals surface area contributed by atoms with Gasteiger partial charge in [-0.1, -0.05) is 64.6 Å². The van der Waals surface area contributed by atoms with E-state index in [1.54, 1.807) is 12.1 Å². The first-order valence-corrected chi connectivity index (χ1v) is 10.5. The molecule has 0 bridgehead atoms. The summed E-state index contributed by atoms with van der Waals surface area (Å²) >= 11 is 1.92. The predicted molar refractivity (Wildman–Crippen MR) is 121 cm³/mol. The summed E-state index contributed by atoms with van der Waals surface area (Å²) in [6, 6.07) is 14.1. The van der Waals surface area contributed by atoms with Crippen molar-refractivity contribution in [3.8, 4) is 0 Å². The van der Waals surface area contributed by atoms with Crippen molar-refractivity contribution >= 4 is 28.2 Å². The number of rotatable bonds is 5. The summed E-state index contributed by atoms with van der Waals surface area (Å²) in [5, 5.41) is 0.540. The number of hydrogen-bond donors (Lipinski definition) is 0. The van der Waals surface area contributed by atoms with E-state index in [1.807, 2.05) is 23.9 Å². The Morgan fingerprint density at radius 2 is 1.68 bits per heavy atom. The fourth-order valence-corrected chi connectivity index (χ4v) is 4.53. The van der Waals surface area contributed by atoms with Gasteiger partial charge in [0.2, 0.25) is 0 Å². The number of hydrogen-bond acceptors (Lipinski definition) is 3. The Labute approximate surface area is 172 Å². The number of benzene rings is 2. The lowest BCUT2D eigenvalue weighted by atomic mass is 9.75. The highest BCUT2D eigenvalue weighted by Crippen LogP contribution is 2.45. The lowest BCUT2D eigenvalue weighted by Crippen LogP contribution is -2.21. The molecule has 146 valence electrons. The van der Waals surface area contributed by atoms with Crippen LogP contribution in [0.3, 0.4) is 0 Å². The number of ether oxygens (including phenoxy) is 1. The van der Waals surface area contributed by atoms with E-state index in [4.69, 9.17) is 4.74 Å². The van der Waals surface area contributed by atoms with E-state index in [1.165, 1.54) is 23.1 Å². The average molecular weight is 393 g/mol. The molecule has 1 aliphatic carbocycles. The van der Waals surface area contributed by atoms with Crippen LogP contribution < -0.4 is 0 Å². The van der Waals surface area contributed by atoms with Crippen LogP contribution in [-0.4, -0.2) is 18.3 Å². The molecule has 0 radical (unpaired) electrons. The van der Waals surface area contributed by atoms with Gasteiger partial charge in [-0.3, -0.25) is 0 Å². The molecular formula is C25H28O2S. The number of methoxy groups -OCH3 is 1. The van der Waals surface area contributed by atoms with Gasteiger partial charge in [0.05, 0.1) is 12.7 Å². The minimum absolute atomic E-state index is 0.137. The minimum Gasteiger partial charge on any atom is -0.465 e. The Hall–Kier alpha value is -2.26. The molecule has 0 atom stereocenters. The first-order valence-electron chi connectivity index (χ1n) is 9.62. The van der Waals surface area contributed by atoms with Gasteiger partial charge in [0, 0.05) is 10.2 Å². The van der Waals surface area contributed by atoms with Crippen LogP contribution in [-0.2, 0) is 10.2 Å². The lowest BCUT2D eigenvalue weighted by molar-refractivity contribution is 0.0600. The number of carbonyl (C=O) groups excluding carboxylic acids is 1. The van der Waals surface area contributed by atoms with Crippen LogP contribution in [0.1, 0.15) is 66.7 Å². The van der Waals surface area contributed by atoms with Crippen molar-refractivity contribution in [1.29, 1.82) is 0 Å². The summed E-state index contributed by atoms with van der Waals surface area (Å²) in [6.45, 7) is 13.4. The molecule has 2 aromatic carbocycles. The summed E-state index contributed by atoms with van der Waals surface area (Å²) in [5.41, 5.74) is 6.47. The van der Waals surface area contributed by atoms with Crippen LogP contribution in [0, 0.1) is 0 Å². The van der Waals surface area contributed by atoms with E-state index >= 15 is 0 Å². The van der Waals surface area contributed by atoms with E-state index in [9.17, 15) is 4.79 Å². The van der Waals surface area contributed by atoms with Gasteiger partial charge in [0.25, 0.3) is 0 Å². The van der Waals surface area contributed by atoms with Crippen molar-refractivity contribution in [2.75, 3.05) is 7.11 Å². The monoisotopic (exact) mass is 392 g/mol. The van der Waals surface area contributed by atoms with Gasteiger partial charge in [-0.05, 0) is 57.9 Å². The zero-order valence-electron chi connectivity index (χ0n) is 17.3. The van der Waals surface area contributed by atoms with E-state index in [-0.39, 0.29) is 11.4 Å². The highest BCUT2D eigenvalue weighted by molar-refractivity contribution is 8.08. The Bertz CT molecular complexity index is 934. The topological polar surface area (TPSA) is 26.3 Å². The zero-order valence-corrected chi connectivity index (χ0v) is 18.2. The third kappa shape index (κ3) is 4.10. The molecule has 0 amide bonds. The van der Waals surface area contributed by atoms with Gasteiger partial charge >= 0.3 is 5.97 Å². The number of esters is 1. The molecule has 0 spiro atoms. The Morgan fingerprint density at radius 3 is 2.29 bits per heavy atom. The van der Waals surface area contributed by atoms with Crippen molar-refractivity contribution in [3.63, 3.8) is 0 Å². The molecule has 3 rings (SSSR count). The molecule has 0 saturated heterocycles. The fraction of sp³-hybridized carbons (Fsp3) is 0.320. The average Bonchev–Trinajstić information content (AvgIpc) is 2.68. The Kier molecular flexibility index (Phi) is 5.85. The Morgan fingerprint density at radius 1 is 1.07 bits per heavy atom. The molecular weight excluding hydrogens is 364 g/mol. The predicted octanol–water partition coefficient (Wildman–Crippen LogP) is 6.70. The summed E-state index contributed by atoms with van der Waals surface area (Å²) in [6.07, 6.45) is 3.44. The highest BCUT2D eigenvalue weighted by atomic mass is 32.2. The first kappa shape index (κ1) is 20.5. The largest absolute Gasteiger partial charge is 0.465 e. The summed E-state index contributed by atoms with van der Waals surface area (Å²) in [7, 11) is 1.39. The fourth-order valence-electron chi connectivity index (χ4n) is 3.55. The van der Waals surface area contributed by atoms with Gasteiger partial charge in [-0.25, -0.2) is 4.79 Å². The van der Waals surface area contributed by atoms with Gasteiger partial charge in [0.1, 0.15) is 0 Å². The molecule has 2 aromatic rings. The van der Waals surface area contributed by atoms with Gasteiger partial charge in [0.15, 0.2) is 0 Å². The smallest absolute Gasteiger partial charge is 0.337 e. The van der Waals surface area contributed by atoms with Crippen LogP contribution in [0.5, 0.6) is 0 Å². The molecule has 28 heavy (non-hydrogen) atoms. The van der Waals surface area contributed by atoms with Crippen molar-refractivity contribution < 1.29 is 9.53 Å². The summed E-state index contributed by atoms with van der Waals surface area (Å²) < 4.78 is 4.78. The van der Waals surface area contributed by atoms with Crippen LogP contribution in [0.4, 0.5) is 0 Å². The number of thioether (sulfide) groups is 1. The first-order chi connectivity index (χ1) is 13.2. The summed E-state index contributed by atoms with van der Waals surface area (Å²) in [4.78, 5) is 13.0. The third-order valence-electron chi connectivity index (χ3n) is 5.18. The minimum atomic E-state index is -0.325. The van der Waals surface area contributed by atoms with E-state index in [0.29, 0.717) is 10.8 Å². The molecule has 0 fully saturated rings. The van der Waals surface area contributed by atoms with Gasteiger partial charge < -0.3 is 4.74 Å². The van der Waals surface area contributed by atoms with E-state index in [0.717, 1.165) is 23.1 Å². The maximum Gasteiger partial charge on any atom is 0.337 e. The van der Waals surface area contributed by atoms with Gasteiger partial charge in [-0.2, -0.15) is 0 Å². The van der Waals surface area contributed by atoms with Crippen molar-refractivity contribution in [2.45, 2.75) is 44.8 Å². The molecule has 0 aliphatic heterocycles. The van der Waals surface area contributed by atoms with Crippen molar-refractivity contribution in [3.05, 3.63) is 82.9 Å². The molecule has 1 aliphatic rings. The summed E-state index contributed by atoms with van der Waals surface area (Å²) in [5.74, 6) is -0.325. The standard InChI is InChI=1S/C25H28O2S/c1-16(2)28-23-13-14-25(4,5)22-12-11-20(15-21(22)23)17(3)18-7-9-19(10-8-18)24(26)27-6/h7-13,15-16H,3,14H2,1-2,4-6H3. The third-order valence-corrected chi connectivity index (χ3v) is 6.29. The van der Waals surface area contributed by atoms with Crippen LogP contribution in [0.25, 0.3) is 10.5 Å². The molecule has 0 unspecified atom stereocenters. The molecule has 0 heterocycles. The van der Waals surface area contributed by atoms with Crippen LogP contribution in [0.15, 0.2) is 55.1 Å². The maximum absolute atomic E-state index is 11.7. The second-order valence-electron chi connectivity index (χ2n) is 8.13. The van der Waals surface area contributed by atoms with Gasteiger partial charge in [-0.15, -0.1) is 11.8 Å². The SMILES string of the molecule is C=C(c1ccc(C(=O)OC)cc1)c1ccc2c(c1)C(SC(C)C)=CCC2(C)C. The zero-order chi connectivity index (χ0) is 20.5. The van der Waals surface area contributed by atoms with Crippen LogP contribution >= 0.6 is 11.8 Å². The quantitative estimate of drug-likeness (QED) is 0.530. The number of allylic oxidation sites excluding steroid dienone is 1. The lowest BCUT2D eigenvalue weighted by Gasteiger charge is -2.33. The second kappa shape index (κ2) is 8.00. The second-order valence-corrected chi connectivity index (χ2v) is 9.75. The molecule has 0 N–H and O–H groups in total.